The molecule has 2 rings (SSSR count). The van der Waals surface area contributed by atoms with E-state index in [-0.39, 0.29) is 0 Å². The number of hydrogen-bond acceptors (Lipinski definition) is 1. The summed E-state index contributed by atoms with van der Waals surface area (Å²) in [6, 6.07) is 7.75. The molecule has 1 aromatic heterocycles. The summed E-state index contributed by atoms with van der Waals surface area (Å²) in [4.78, 5) is 14.6. The van der Waals surface area contributed by atoms with Crippen LogP contribution in [0.4, 0.5) is 0 Å². The summed E-state index contributed by atoms with van der Waals surface area (Å²) >= 11 is 0. The van der Waals surface area contributed by atoms with Crippen molar-refractivity contribution in [3.05, 3.63) is 41.1 Å². The third-order valence-corrected chi connectivity index (χ3v) is 2.86. The molecular weight excluding hydrogens is 214 g/mol. The maximum Gasteiger partial charge on any atom is 0.336 e. The number of nitrogens with one attached hydrogen (secondary N) is 1. The molecule has 0 aliphatic heterocycles. The SMILES string of the molecule is CC(C)=C(C(=O)O)c1c(C)[nH]c2ccccc12. The van der Waals surface area contributed by atoms with Gasteiger partial charge in [-0.15, -0.1) is 0 Å². The third-order valence-electron chi connectivity index (χ3n) is 2.86. The van der Waals surface area contributed by atoms with E-state index < -0.39 is 5.97 Å². The minimum atomic E-state index is -0.877. The van der Waals surface area contributed by atoms with Gasteiger partial charge >= 0.3 is 5.97 Å². The lowest BCUT2D eigenvalue weighted by Gasteiger charge is -2.05. The van der Waals surface area contributed by atoms with Gasteiger partial charge < -0.3 is 10.1 Å². The molecule has 2 aromatic rings. The van der Waals surface area contributed by atoms with E-state index in [1.807, 2.05) is 45.0 Å². The van der Waals surface area contributed by atoms with E-state index in [4.69, 9.17) is 0 Å². The van der Waals surface area contributed by atoms with Crippen LogP contribution in [-0.2, 0) is 4.79 Å². The Morgan fingerprint density at radius 1 is 1.24 bits per heavy atom. The van der Waals surface area contributed by atoms with Crippen molar-refractivity contribution in [3.63, 3.8) is 0 Å². The number of carboxylic acid groups (broad SMARTS) is 1. The van der Waals surface area contributed by atoms with Crippen molar-refractivity contribution in [1.82, 2.24) is 4.98 Å². The van der Waals surface area contributed by atoms with Crippen molar-refractivity contribution < 1.29 is 9.90 Å². The number of rotatable bonds is 2. The Morgan fingerprint density at radius 2 is 1.88 bits per heavy atom. The number of hydrogen-bond donors (Lipinski definition) is 2. The molecule has 0 atom stereocenters. The van der Waals surface area contributed by atoms with Gasteiger partial charge in [0.25, 0.3) is 0 Å². The van der Waals surface area contributed by atoms with Gasteiger partial charge in [0.2, 0.25) is 0 Å². The lowest BCUT2D eigenvalue weighted by atomic mass is 9.98. The fourth-order valence-corrected chi connectivity index (χ4v) is 2.17. The first-order valence-corrected chi connectivity index (χ1v) is 5.51. The average Bonchev–Trinajstić information content (AvgIpc) is 2.55. The van der Waals surface area contributed by atoms with Gasteiger partial charge in [0, 0.05) is 22.2 Å². The highest BCUT2D eigenvalue weighted by atomic mass is 16.4. The summed E-state index contributed by atoms with van der Waals surface area (Å²) in [6.45, 7) is 5.55. The lowest BCUT2D eigenvalue weighted by Crippen LogP contribution is -2.02. The lowest BCUT2D eigenvalue weighted by molar-refractivity contribution is -0.130. The number of aromatic nitrogens is 1. The number of aryl methyl sites for hydroxylation is 1. The maximum atomic E-state index is 11.4. The van der Waals surface area contributed by atoms with Crippen LogP contribution < -0.4 is 0 Å². The number of carboxylic acids is 1. The van der Waals surface area contributed by atoms with Crippen LogP contribution in [0.5, 0.6) is 0 Å². The summed E-state index contributed by atoms with van der Waals surface area (Å²) in [5.74, 6) is -0.877. The molecule has 1 heterocycles. The molecule has 0 amide bonds. The summed E-state index contributed by atoms with van der Waals surface area (Å²) in [7, 11) is 0. The molecule has 0 fully saturated rings. The number of allylic oxidation sites excluding steroid dienone is 1. The Morgan fingerprint density at radius 3 is 2.47 bits per heavy atom. The molecule has 0 aliphatic carbocycles. The zero-order valence-corrected chi connectivity index (χ0v) is 10.2. The second-order valence-electron chi connectivity index (χ2n) is 4.35. The van der Waals surface area contributed by atoms with Crippen molar-refractivity contribution in [3.8, 4) is 0 Å². The number of carbonyl (C=O) groups is 1. The van der Waals surface area contributed by atoms with Gasteiger partial charge in [0.1, 0.15) is 0 Å². The zero-order valence-electron chi connectivity index (χ0n) is 10.2. The maximum absolute atomic E-state index is 11.4. The topological polar surface area (TPSA) is 53.1 Å². The normalized spacial score (nSPS) is 10.5. The van der Waals surface area contributed by atoms with Crippen LogP contribution in [0.2, 0.25) is 0 Å². The fraction of sp³-hybridized carbons (Fsp3) is 0.214. The second-order valence-corrected chi connectivity index (χ2v) is 4.35. The Labute approximate surface area is 99.8 Å². The first kappa shape index (κ1) is 11.5. The first-order valence-electron chi connectivity index (χ1n) is 5.51. The van der Waals surface area contributed by atoms with Gasteiger partial charge in [-0.1, -0.05) is 23.8 Å². The average molecular weight is 229 g/mol. The van der Waals surface area contributed by atoms with Crippen LogP contribution in [0.25, 0.3) is 16.5 Å². The molecule has 3 heteroatoms. The van der Waals surface area contributed by atoms with Crippen LogP contribution in [0, 0.1) is 6.92 Å². The molecule has 2 N–H and O–H groups in total. The Kier molecular flexibility index (Phi) is 2.76. The molecule has 17 heavy (non-hydrogen) atoms. The fourth-order valence-electron chi connectivity index (χ4n) is 2.17. The molecule has 88 valence electrons. The number of H-pyrrole nitrogens is 1. The van der Waals surface area contributed by atoms with Gasteiger partial charge in [-0.05, 0) is 26.8 Å². The molecule has 0 radical (unpaired) electrons. The van der Waals surface area contributed by atoms with Crippen molar-refractivity contribution in [1.29, 1.82) is 0 Å². The van der Waals surface area contributed by atoms with Crippen molar-refractivity contribution in [2.75, 3.05) is 0 Å². The largest absolute Gasteiger partial charge is 0.478 e. The Hall–Kier alpha value is -2.03. The summed E-state index contributed by atoms with van der Waals surface area (Å²) in [5, 5.41) is 10.3. The summed E-state index contributed by atoms with van der Waals surface area (Å²) < 4.78 is 0. The smallest absolute Gasteiger partial charge is 0.336 e. The molecule has 0 saturated heterocycles. The van der Waals surface area contributed by atoms with Crippen LogP contribution in [0.15, 0.2) is 29.8 Å². The van der Waals surface area contributed by atoms with Crippen molar-refractivity contribution >= 4 is 22.4 Å². The van der Waals surface area contributed by atoms with Gasteiger partial charge in [-0.3, -0.25) is 0 Å². The van der Waals surface area contributed by atoms with Crippen LogP contribution >= 0.6 is 0 Å². The predicted molar refractivity (Wildman–Crippen MR) is 68.9 cm³/mol. The van der Waals surface area contributed by atoms with E-state index in [1.165, 1.54) is 0 Å². The molecule has 3 nitrogen and oxygen atoms in total. The minimum Gasteiger partial charge on any atom is -0.478 e. The molecule has 0 spiro atoms. The molecule has 0 aliphatic rings. The zero-order chi connectivity index (χ0) is 12.6. The van der Waals surface area contributed by atoms with E-state index in [0.717, 1.165) is 27.7 Å². The number of aliphatic carboxylic acids is 1. The van der Waals surface area contributed by atoms with Crippen molar-refractivity contribution in [2.45, 2.75) is 20.8 Å². The standard InChI is InChI=1S/C14H15NO2/c1-8(2)12(14(16)17)13-9(3)15-11-7-5-4-6-10(11)13/h4-7,15H,1-3H3,(H,16,17). The van der Waals surface area contributed by atoms with Crippen molar-refractivity contribution in [2.24, 2.45) is 0 Å². The number of para-hydroxylation sites is 1. The molecular formula is C14H15NO2. The van der Waals surface area contributed by atoms with E-state index in [1.54, 1.807) is 0 Å². The third kappa shape index (κ3) is 1.84. The second kappa shape index (κ2) is 4.09. The highest BCUT2D eigenvalue weighted by Gasteiger charge is 2.18. The Balaban J connectivity index is 2.83. The Bertz CT molecular complexity index is 616. The van der Waals surface area contributed by atoms with Gasteiger partial charge in [0.15, 0.2) is 0 Å². The number of benzene rings is 1. The van der Waals surface area contributed by atoms with E-state index in [2.05, 4.69) is 4.98 Å². The summed E-state index contributed by atoms with van der Waals surface area (Å²) in [5.41, 5.74) is 3.86. The van der Waals surface area contributed by atoms with Crippen LogP contribution in [0.3, 0.4) is 0 Å². The number of fused-ring (bicyclic) bond motifs is 1. The van der Waals surface area contributed by atoms with Gasteiger partial charge in [-0.2, -0.15) is 0 Å². The van der Waals surface area contributed by atoms with Crippen LogP contribution in [0.1, 0.15) is 25.1 Å². The quantitative estimate of drug-likeness (QED) is 0.776. The van der Waals surface area contributed by atoms with E-state index in [9.17, 15) is 9.90 Å². The monoisotopic (exact) mass is 229 g/mol. The minimum absolute atomic E-state index is 0.389. The van der Waals surface area contributed by atoms with E-state index >= 15 is 0 Å². The predicted octanol–water partition coefficient (Wildman–Crippen LogP) is 3.35. The molecule has 0 unspecified atom stereocenters. The molecule has 0 saturated carbocycles. The first-order chi connectivity index (χ1) is 8.02. The van der Waals surface area contributed by atoms with E-state index in [0.29, 0.717) is 5.57 Å². The van der Waals surface area contributed by atoms with Gasteiger partial charge in [-0.25, -0.2) is 4.79 Å². The summed E-state index contributed by atoms with van der Waals surface area (Å²) in [6.07, 6.45) is 0. The number of aromatic amines is 1. The van der Waals surface area contributed by atoms with Gasteiger partial charge in [0.05, 0.1) is 5.57 Å². The molecule has 0 bridgehead atoms. The van der Waals surface area contributed by atoms with Crippen LogP contribution in [-0.4, -0.2) is 16.1 Å². The molecule has 1 aromatic carbocycles. The highest BCUT2D eigenvalue weighted by molar-refractivity contribution is 6.20. The highest BCUT2D eigenvalue weighted by Crippen LogP contribution is 2.30.